The lowest BCUT2D eigenvalue weighted by atomic mass is 10.0. The highest BCUT2D eigenvalue weighted by molar-refractivity contribution is 6.34. The Morgan fingerprint density at radius 3 is 2.44 bits per heavy atom. The van der Waals surface area contributed by atoms with Gasteiger partial charge in [0.2, 0.25) is 0 Å². The number of carboxylic acids is 1. The minimum Gasteiger partial charge on any atom is -0.481 e. The molecule has 16 heavy (non-hydrogen) atoms. The van der Waals surface area contributed by atoms with Gasteiger partial charge in [-0.3, -0.25) is 9.59 Å². The van der Waals surface area contributed by atoms with Crippen molar-refractivity contribution >= 4 is 23.4 Å². The van der Waals surface area contributed by atoms with Crippen LogP contribution < -0.4 is 0 Å². The fourth-order valence-electron chi connectivity index (χ4n) is 1.32. The maximum Gasteiger partial charge on any atom is 0.305 e. The molecule has 86 valence electrons. The van der Waals surface area contributed by atoms with E-state index in [0.29, 0.717) is 5.56 Å². The summed E-state index contributed by atoms with van der Waals surface area (Å²) >= 11 is 5.72. The highest BCUT2D eigenvalue weighted by Gasteiger charge is 2.20. The van der Waals surface area contributed by atoms with E-state index in [0.717, 1.165) is 11.1 Å². The molecule has 4 heteroatoms. The molecule has 0 aromatic heterocycles. The summed E-state index contributed by atoms with van der Waals surface area (Å²) in [6, 6.07) is 5.23. The topological polar surface area (TPSA) is 54.4 Å². The maximum atomic E-state index is 11.7. The van der Waals surface area contributed by atoms with Crippen LogP contribution in [0.4, 0.5) is 0 Å². The molecule has 3 nitrogen and oxygen atoms in total. The normalized spacial score (nSPS) is 12.2. The number of hydrogen-bond donors (Lipinski definition) is 1. The first kappa shape index (κ1) is 12.7. The third-order valence-electron chi connectivity index (χ3n) is 2.43. The predicted octanol–water partition coefficient (Wildman–Crippen LogP) is 2.57. The van der Waals surface area contributed by atoms with E-state index in [1.165, 1.54) is 0 Å². The molecule has 0 amide bonds. The van der Waals surface area contributed by atoms with Crippen molar-refractivity contribution in [2.45, 2.75) is 25.6 Å². The smallest absolute Gasteiger partial charge is 0.305 e. The summed E-state index contributed by atoms with van der Waals surface area (Å²) in [6.45, 7) is 3.84. The van der Waals surface area contributed by atoms with Crippen LogP contribution in [0.5, 0.6) is 0 Å². The van der Waals surface area contributed by atoms with Crippen molar-refractivity contribution < 1.29 is 14.7 Å². The van der Waals surface area contributed by atoms with Crippen LogP contribution in [0, 0.1) is 13.8 Å². The minimum absolute atomic E-state index is 0.341. The Morgan fingerprint density at radius 2 is 1.94 bits per heavy atom. The van der Waals surface area contributed by atoms with E-state index in [1.807, 2.05) is 19.9 Å². The van der Waals surface area contributed by atoms with Gasteiger partial charge in [0, 0.05) is 5.56 Å². The van der Waals surface area contributed by atoms with E-state index in [9.17, 15) is 9.59 Å². The third kappa shape index (κ3) is 3.07. The second-order valence-corrected chi connectivity index (χ2v) is 4.26. The first-order valence-corrected chi connectivity index (χ1v) is 5.33. The van der Waals surface area contributed by atoms with Crippen LogP contribution in [-0.4, -0.2) is 22.2 Å². The molecule has 0 aliphatic heterocycles. The van der Waals surface area contributed by atoms with Gasteiger partial charge in [-0.2, -0.15) is 0 Å². The van der Waals surface area contributed by atoms with E-state index < -0.39 is 11.3 Å². The number of halogens is 1. The molecule has 0 saturated heterocycles. The molecule has 0 aliphatic carbocycles. The van der Waals surface area contributed by atoms with Crippen LogP contribution in [0.2, 0.25) is 0 Å². The second-order valence-electron chi connectivity index (χ2n) is 3.73. The summed E-state index contributed by atoms with van der Waals surface area (Å²) in [5, 5.41) is 7.54. The van der Waals surface area contributed by atoms with Gasteiger partial charge >= 0.3 is 5.97 Å². The number of rotatable bonds is 4. The lowest BCUT2D eigenvalue weighted by Crippen LogP contribution is -2.18. The number of aliphatic carboxylic acids is 1. The molecule has 0 aliphatic rings. The Kier molecular flexibility index (Phi) is 4.07. The average molecular weight is 241 g/mol. The quantitative estimate of drug-likeness (QED) is 0.650. The van der Waals surface area contributed by atoms with E-state index in [2.05, 4.69) is 0 Å². The summed E-state index contributed by atoms with van der Waals surface area (Å²) in [4.78, 5) is 22.2. The number of benzene rings is 1. The van der Waals surface area contributed by atoms with Crippen LogP contribution in [0.15, 0.2) is 18.2 Å². The van der Waals surface area contributed by atoms with Gasteiger partial charge in [-0.05, 0) is 31.0 Å². The van der Waals surface area contributed by atoms with Crippen molar-refractivity contribution in [2.75, 3.05) is 0 Å². The zero-order chi connectivity index (χ0) is 12.3. The van der Waals surface area contributed by atoms with Gasteiger partial charge in [0.05, 0.1) is 6.42 Å². The summed E-state index contributed by atoms with van der Waals surface area (Å²) in [7, 11) is 0. The highest BCUT2D eigenvalue weighted by Crippen LogP contribution is 2.15. The molecule has 0 heterocycles. The van der Waals surface area contributed by atoms with Gasteiger partial charge in [0.1, 0.15) is 5.38 Å². The molecular weight excluding hydrogens is 228 g/mol. The van der Waals surface area contributed by atoms with Crippen LogP contribution >= 0.6 is 11.6 Å². The van der Waals surface area contributed by atoms with Crippen LogP contribution in [0.3, 0.4) is 0 Å². The zero-order valence-corrected chi connectivity index (χ0v) is 9.91. The number of hydrogen-bond acceptors (Lipinski definition) is 2. The third-order valence-corrected chi connectivity index (χ3v) is 2.78. The fourth-order valence-corrected chi connectivity index (χ4v) is 1.58. The molecule has 0 bridgehead atoms. The van der Waals surface area contributed by atoms with Gasteiger partial charge in [-0.25, -0.2) is 0 Å². The van der Waals surface area contributed by atoms with Gasteiger partial charge < -0.3 is 5.11 Å². The number of carbonyl (C=O) groups is 2. The van der Waals surface area contributed by atoms with Gasteiger partial charge in [-0.15, -0.1) is 11.6 Å². The molecule has 1 aromatic carbocycles. The summed E-state index contributed by atoms with van der Waals surface area (Å²) in [5.41, 5.74) is 2.54. The summed E-state index contributed by atoms with van der Waals surface area (Å²) in [5.74, 6) is -1.41. The summed E-state index contributed by atoms with van der Waals surface area (Å²) in [6.07, 6.45) is -0.354. The molecule has 1 N–H and O–H groups in total. The maximum absolute atomic E-state index is 11.7. The molecule has 0 radical (unpaired) electrons. The second kappa shape index (κ2) is 5.12. The van der Waals surface area contributed by atoms with Crippen molar-refractivity contribution in [3.8, 4) is 0 Å². The molecule has 1 rings (SSSR count). The monoisotopic (exact) mass is 240 g/mol. The van der Waals surface area contributed by atoms with E-state index in [-0.39, 0.29) is 12.2 Å². The van der Waals surface area contributed by atoms with Crippen LogP contribution in [0.1, 0.15) is 27.9 Å². The Labute approximate surface area is 99.0 Å². The first-order chi connectivity index (χ1) is 7.41. The van der Waals surface area contributed by atoms with Gasteiger partial charge in [0.15, 0.2) is 5.78 Å². The van der Waals surface area contributed by atoms with E-state index >= 15 is 0 Å². The van der Waals surface area contributed by atoms with Gasteiger partial charge in [-0.1, -0.05) is 12.1 Å². The number of ketones is 1. The molecule has 1 atom stereocenters. The van der Waals surface area contributed by atoms with Crippen molar-refractivity contribution in [1.82, 2.24) is 0 Å². The predicted molar refractivity (Wildman–Crippen MR) is 62.1 cm³/mol. The van der Waals surface area contributed by atoms with Crippen molar-refractivity contribution in [2.24, 2.45) is 0 Å². The van der Waals surface area contributed by atoms with Crippen LogP contribution in [0.25, 0.3) is 0 Å². The summed E-state index contributed by atoms with van der Waals surface area (Å²) < 4.78 is 0. The number of carbonyl (C=O) groups excluding carboxylic acids is 1. The lowest BCUT2D eigenvalue weighted by molar-refractivity contribution is -0.136. The number of carboxylic acid groups (broad SMARTS) is 1. The Morgan fingerprint density at radius 1 is 1.31 bits per heavy atom. The largest absolute Gasteiger partial charge is 0.481 e. The molecule has 0 spiro atoms. The Bertz CT molecular complexity index is 426. The number of alkyl halides is 1. The standard InChI is InChI=1S/C12H13ClO3/c1-7-3-4-9(5-8(7)2)12(16)10(13)6-11(14)15/h3-5,10H,6H2,1-2H3,(H,14,15). The lowest BCUT2D eigenvalue weighted by Gasteiger charge is -2.07. The fraction of sp³-hybridized carbons (Fsp3) is 0.333. The molecule has 1 aromatic rings. The molecule has 1 unspecified atom stereocenters. The SMILES string of the molecule is Cc1ccc(C(=O)C(Cl)CC(=O)O)cc1C. The van der Waals surface area contributed by atoms with Crippen LogP contribution in [-0.2, 0) is 4.79 Å². The Hall–Kier alpha value is -1.35. The highest BCUT2D eigenvalue weighted by atomic mass is 35.5. The molecule has 0 saturated carbocycles. The average Bonchev–Trinajstić information content (AvgIpc) is 2.20. The van der Waals surface area contributed by atoms with Crippen molar-refractivity contribution in [3.63, 3.8) is 0 Å². The number of aryl methyl sites for hydroxylation is 2. The zero-order valence-electron chi connectivity index (χ0n) is 9.16. The number of Topliss-reactive ketones (excluding diaryl/α,β-unsaturated/α-hetero) is 1. The van der Waals surface area contributed by atoms with E-state index in [4.69, 9.17) is 16.7 Å². The van der Waals surface area contributed by atoms with Crippen molar-refractivity contribution in [1.29, 1.82) is 0 Å². The van der Waals surface area contributed by atoms with E-state index in [1.54, 1.807) is 12.1 Å². The van der Waals surface area contributed by atoms with Crippen molar-refractivity contribution in [3.05, 3.63) is 34.9 Å². The molecular formula is C12H13ClO3. The Balaban J connectivity index is 2.88. The van der Waals surface area contributed by atoms with Gasteiger partial charge in [0.25, 0.3) is 0 Å². The first-order valence-electron chi connectivity index (χ1n) is 4.89. The minimum atomic E-state index is -1.07. The molecule has 0 fully saturated rings.